The molecule has 2 amide bonds. The zero-order valence-electron chi connectivity index (χ0n) is 22.5. The first-order valence-corrected chi connectivity index (χ1v) is 15.7. The number of hydrogen-bond donors (Lipinski definition) is 4. The van der Waals surface area contributed by atoms with Crippen LogP contribution in [0, 0.1) is 5.92 Å². The van der Waals surface area contributed by atoms with Crippen LogP contribution in [0.5, 0.6) is 0 Å². The Morgan fingerprint density at radius 2 is 1.77 bits per heavy atom. The zero-order chi connectivity index (χ0) is 29.7. The Hall–Kier alpha value is -2.77. The van der Waals surface area contributed by atoms with E-state index in [0.29, 0.717) is 18.9 Å². The average molecular weight is 601 g/mol. The van der Waals surface area contributed by atoms with Crippen molar-refractivity contribution in [1.82, 2.24) is 16.0 Å². The molecule has 3 rings (SSSR count). The van der Waals surface area contributed by atoms with E-state index in [1.807, 2.05) is 20.1 Å². The third-order valence-corrected chi connectivity index (χ3v) is 9.39. The number of anilines is 1. The lowest BCUT2D eigenvalue weighted by Gasteiger charge is -2.37. The maximum absolute atomic E-state index is 13.3. The van der Waals surface area contributed by atoms with Gasteiger partial charge in [-0.1, -0.05) is 13.8 Å². The number of carbonyl (C=O) groups excluding carboxylic acids is 2. The van der Waals surface area contributed by atoms with Gasteiger partial charge in [-0.05, 0) is 73.9 Å². The van der Waals surface area contributed by atoms with Crippen molar-refractivity contribution in [3.63, 3.8) is 0 Å². The van der Waals surface area contributed by atoms with Crippen LogP contribution in [0.15, 0.2) is 52.3 Å². The summed E-state index contributed by atoms with van der Waals surface area (Å²) in [4.78, 5) is 26.4. The van der Waals surface area contributed by atoms with Crippen molar-refractivity contribution < 1.29 is 31.2 Å². The molecule has 2 aromatic carbocycles. The van der Waals surface area contributed by atoms with Gasteiger partial charge in [-0.2, -0.15) is 13.2 Å². The van der Waals surface area contributed by atoms with Crippen LogP contribution in [0.3, 0.4) is 0 Å². The first-order chi connectivity index (χ1) is 18.7. The largest absolute Gasteiger partial charge is 0.416 e. The number of nitrogen functional groups attached to an aromatic ring is 1. The van der Waals surface area contributed by atoms with Crippen molar-refractivity contribution in [3.8, 4) is 0 Å². The van der Waals surface area contributed by atoms with E-state index in [1.54, 1.807) is 24.3 Å². The van der Waals surface area contributed by atoms with Crippen LogP contribution in [-0.4, -0.2) is 56.9 Å². The Morgan fingerprint density at radius 1 is 1.10 bits per heavy atom. The fraction of sp³-hybridized carbons (Fsp3) is 0.481. The van der Waals surface area contributed by atoms with Gasteiger partial charge in [0.05, 0.1) is 28.3 Å². The minimum absolute atomic E-state index is 0.0795. The second-order valence-corrected chi connectivity index (χ2v) is 13.1. The molecule has 0 heterocycles. The fourth-order valence-electron chi connectivity index (χ4n) is 4.86. The van der Waals surface area contributed by atoms with Crippen LogP contribution in [0.2, 0.25) is 0 Å². The molecule has 3 atom stereocenters. The summed E-state index contributed by atoms with van der Waals surface area (Å²) in [6.45, 7) is 3.51. The molecule has 2 aromatic rings. The van der Waals surface area contributed by atoms with Gasteiger partial charge < -0.3 is 21.7 Å². The number of halogens is 3. The third-order valence-electron chi connectivity index (χ3n) is 6.78. The summed E-state index contributed by atoms with van der Waals surface area (Å²) >= 11 is 1.51. The molecule has 13 heteroatoms. The van der Waals surface area contributed by atoms with Gasteiger partial charge in [0.25, 0.3) is 5.91 Å². The molecule has 0 saturated heterocycles. The zero-order valence-corrected chi connectivity index (χ0v) is 24.2. The molecule has 0 aliphatic heterocycles. The summed E-state index contributed by atoms with van der Waals surface area (Å²) in [5.41, 5.74) is 4.11. The van der Waals surface area contributed by atoms with Gasteiger partial charge in [0, 0.05) is 28.7 Å². The Morgan fingerprint density at radius 3 is 2.38 bits per heavy atom. The van der Waals surface area contributed by atoms with Gasteiger partial charge in [-0.3, -0.25) is 9.59 Å². The molecule has 1 fully saturated rings. The first kappa shape index (κ1) is 31.8. The Balaban J connectivity index is 1.69. The fourth-order valence-corrected chi connectivity index (χ4v) is 6.95. The van der Waals surface area contributed by atoms with Crippen molar-refractivity contribution in [3.05, 3.63) is 53.6 Å². The second kappa shape index (κ2) is 13.3. The topological polar surface area (TPSA) is 130 Å². The number of nitrogens with one attached hydrogen (secondary N) is 3. The Kier molecular flexibility index (Phi) is 10.5. The number of benzene rings is 2. The van der Waals surface area contributed by atoms with Gasteiger partial charge >= 0.3 is 6.18 Å². The Labute approximate surface area is 237 Å². The molecule has 0 spiro atoms. The third kappa shape index (κ3) is 8.61. The number of alkyl halides is 3. The van der Waals surface area contributed by atoms with E-state index in [0.717, 1.165) is 23.4 Å². The maximum Gasteiger partial charge on any atom is 0.416 e. The number of thioether (sulfide) groups is 1. The molecule has 220 valence electrons. The summed E-state index contributed by atoms with van der Waals surface area (Å²) in [7, 11) is -3.65. The van der Waals surface area contributed by atoms with Gasteiger partial charge in [0.2, 0.25) is 5.91 Å². The molecular formula is C27H35F3N4O4S2. The molecule has 1 aliphatic rings. The summed E-state index contributed by atoms with van der Waals surface area (Å²) < 4.78 is 65.7. The minimum Gasteiger partial charge on any atom is -0.398 e. The van der Waals surface area contributed by atoms with Crippen LogP contribution in [0.4, 0.5) is 18.9 Å². The number of sulfone groups is 1. The van der Waals surface area contributed by atoms with Crippen LogP contribution in [0.1, 0.15) is 49.0 Å². The SMILES string of the molecule is CSc1ccc(S(=O)(=O)C[C@H]2C[C@@H](NC(C)C)CC[C@@H]2NC(=O)CNC(=O)c2cc(C(F)(F)F)ccc2N)cc1. The molecular weight excluding hydrogens is 565 g/mol. The van der Waals surface area contributed by atoms with Gasteiger partial charge in [-0.25, -0.2) is 8.42 Å². The second-order valence-electron chi connectivity index (χ2n) is 10.2. The van der Waals surface area contributed by atoms with E-state index in [9.17, 15) is 31.2 Å². The van der Waals surface area contributed by atoms with Crippen molar-refractivity contribution >= 4 is 39.1 Å². The standard InChI is InChI=1S/C27H35F3N4O4S2/c1-16(2)33-19-5-11-24(17(12-19)15-40(37,38)21-8-6-20(39-3)7-9-21)34-25(35)14-32-26(36)22-13-18(27(28,29)30)4-10-23(22)31/h4,6-10,13,16-17,19,24,33H,5,11-12,14-15,31H2,1-3H3,(H,32,36)(H,34,35)/t17-,19+,24+/m1/s1. The predicted molar refractivity (Wildman–Crippen MR) is 150 cm³/mol. The highest BCUT2D eigenvalue weighted by atomic mass is 32.2. The van der Waals surface area contributed by atoms with E-state index < -0.39 is 51.9 Å². The number of amides is 2. The number of rotatable bonds is 10. The summed E-state index contributed by atoms with van der Waals surface area (Å²) in [6, 6.07) is 8.87. The molecule has 0 aromatic heterocycles. The molecule has 1 saturated carbocycles. The van der Waals surface area contributed by atoms with E-state index in [4.69, 9.17) is 5.73 Å². The van der Waals surface area contributed by atoms with Crippen LogP contribution in [-0.2, 0) is 20.8 Å². The lowest BCUT2D eigenvalue weighted by molar-refractivity contribution is -0.137. The van der Waals surface area contributed by atoms with Crippen molar-refractivity contribution in [2.75, 3.05) is 24.3 Å². The first-order valence-electron chi connectivity index (χ1n) is 12.9. The molecule has 5 N–H and O–H groups in total. The molecule has 8 nitrogen and oxygen atoms in total. The Bertz CT molecular complexity index is 1300. The van der Waals surface area contributed by atoms with E-state index in [1.165, 1.54) is 11.8 Å². The highest BCUT2D eigenvalue weighted by Gasteiger charge is 2.35. The monoisotopic (exact) mass is 600 g/mol. The summed E-state index contributed by atoms with van der Waals surface area (Å²) in [5.74, 6) is -2.06. The van der Waals surface area contributed by atoms with Crippen molar-refractivity contribution in [1.29, 1.82) is 0 Å². The van der Waals surface area contributed by atoms with Gasteiger partial charge in [0.1, 0.15) is 0 Å². The van der Waals surface area contributed by atoms with Crippen LogP contribution >= 0.6 is 11.8 Å². The smallest absolute Gasteiger partial charge is 0.398 e. The van der Waals surface area contributed by atoms with Crippen LogP contribution in [0.25, 0.3) is 0 Å². The normalized spacial score (nSPS) is 19.8. The van der Waals surface area contributed by atoms with Crippen molar-refractivity contribution in [2.45, 2.75) is 67.2 Å². The molecule has 0 radical (unpaired) electrons. The molecule has 0 bridgehead atoms. The quantitative estimate of drug-likeness (QED) is 0.241. The number of carbonyl (C=O) groups is 2. The highest BCUT2D eigenvalue weighted by Crippen LogP contribution is 2.31. The lowest BCUT2D eigenvalue weighted by atomic mass is 9.82. The van der Waals surface area contributed by atoms with E-state index >= 15 is 0 Å². The molecule has 40 heavy (non-hydrogen) atoms. The van der Waals surface area contributed by atoms with E-state index in [-0.39, 0.29) is 34.0 Å². The molecule has 1 aliphatic carbocycles. The van der Waals surface area contributed by atoms with E-state index in [2.05, 4.69) is 16.0 Å². The predicted octanol–water partition coefficient (Wildman–Crippen LogP) is 3.86. The number of hydrogen-bond acceptors (Lipinski definition) is 7. The van der Waals surface area contributed by atoms with Crippen molar-refractivity contribution in [2.24, 2.45) is 5.92 Å². The number of nitrogens with two attached hydrogens (primary N) is 1. The summed E-state index contributed by atoms with van der Waals surface area (Å²) in [5, 5.41) is 8.59. The average Bonchev–Trinajstić information content (AvgIpc) is 2.88. The van der Waals surface area contributed by atoms with Gasteiger partial charge in [0.15, 0.2) is 9.84 Å². The lowest BCUT2D eigenvalue weighted by Crippen LogP contribution is -2.52. The highest BCUT2D eigenvalue weighted by molar-refractivity contribution is 7.98. The van der Waals surface area contributed by atoms with Crippen LogP contribution < -0.4 is 21.7 Å². The minimum atomic E-state index is -4.66. The maximum atomic E-state index is 13.3. The molecule has 0 unspecified atom stereocenters. The summed E-state index contributed by atoms with van der Waals surface area (Å²) in [6.07, 6.45) is -0.989. The van der Waals surface area contributed by atoms with Gasteiger partial charge in [-0.15, -0.1) is 11.8 Å².